The highest BCUT2D eigenvalue weighted by atomic mass is 32.2. The third-order valence-corrected chi connectivity index (χ3v) is 2.62. The van der Waals surface area contributed by atoms with Gasteiger partial charge in [-0.15, -0.1) is 0 Å². The van der Waals surface area contributed by atoms with Crippen LogP contribution in [0.15, 0.2) is 17.0 Å². The molecule has 9 heteroatoms. The van der Waals surface area contributed by atoms with Crippen LogP contribution < -0.4 is 4.74 Å². The summed E-state index contributed by atoms with van der Waals surface area (Å²) < 4.78 is 34.9. The van der Waals surface area contributed by atoms with Crippen molar-refractivity contribution < 1.29 is 27.7 Å². The molecule has 88 valence electrons. The number of nitrogens with zero attached hydrogens (tertiary/aromatic N) is 1. The first-order chi connectivity index (χ1) is 7.27. The zero-order valence-electron chi connectivity index (χ0n) is 7.95. The summed E-state index contributed by atoms with van der Waals surface area (Å²) in [4.78, 5) is 8.54. The fraction of sp³-hybridized carbons (Fsp3) is 0.143. The van der Waals surface area contributed by atoms with E-state index in [1.807, 2.05) is 0 Å². The second-order valence-electron chi connectivity index (χ2n) is 2.72. The van der Waals surface area contributed by atoms with Gasteiger partial charge in [0.15, 0.2) is 16.4 Å². The van der Waals surface area contributed by atoms with E-state index in [0.717, 1.165) is 7.11 Å². The Bertz CT molecular complexity index is 536. The molecule has 2 N–H and O–H groups in total. The van der Waals surface area contributed by atoms with Crippen LogP contribution in [0.2, 0.25) is 0 Å². The third kappa shape index (κ3) is 2.20. The highest BCUT2D eigenvalue weighted by Gasteiger charge is 2.26. The van der Waals surface area contributed by atoms with Crippen molar-refractivity contribution in [3.05, 3.63) is 22.2 Å². The standard InChI is InChI=1S/C7H7NO7S/c1-15-6-2-4(8(10)11)7(3-5(6)9)16(12,13)14/h2-3,9H,1H3,(H,12,13,14). The number of hydrogen-bond acceptors (Lipinski definition) is 6. The average molecular weight is 249 g/mol. The van der Waals surface area contributed by atoms with Gasteiger partial charge in [0, 0.05) is 6.07 Å². The largest absolute Gasteiger partial charge is 0.504 e. The van der Waals surface area contributed by atoms with Gasteiger partial charge in [-0.05, 0) is 0 Å². The Morgan fingerprint density at radius 1 is 1.44 bits per heavy atom. The van der Waals surface area contributed by atoms with Crippen LogP contribution >= 0.6 is 0 Å². The Kier molecular flexibility index (Phi) is 3.01. The molecule has 1 rings (SSSR count). The number of phenols is 1. The van der Waals surface area contributed by atoms with E-state index in [2.05, 4.69) is 4.74 Å². The third-order valence-electron chi connectivity index (χ3n) is 1.74. The first-order valence-electron chi connectivity index (χ1n) is 3.80. The molecule has 0 fully saturated rings. The summed E-state index contributed by atoms with van der Waals surface area (Å²) >= 11 is 0. The van der Waals surface area contributed by atoms with Gasteiger partial charge in [-0.25, -0.2) is 0 Å². The smallest absolute Gasteiger partial charge is 0.301 e. The molecule has 0 radical (unpaired) electrons. The minimum absolute atomic E-state index is 0.265. The first kappa shape index (κ1) is 12.2. The topological polar surface area (TPSA) is 127 Å². The van der Waals surface area contributed by atoms with Gasteiger partial charge in [0.05, 0.1) is 18.1 Å². The van der Waals surface area contributed by atoms with Crippen molar-refractivity contribution >= 4 is 15.8 Å². The number of phenolic OH excluding ortho intramolecular Hbond substituents is 1. The molecule has 0 spiro atoms. The van der Waals surface area contributed by atoms with Gasteiger partial charge >= 0.3 is 10.1 Å². The molecule has 0 bridgehead atoms. The number of rotatable bonds is 3. The van der Waals surface area contributed by atoms with Gasteiger partial charge in [-0.2, -0.15) is 8.42 Å². The van der Waals surface area contributed by atoms with E-state index in [1.165, 1.54) is 0 Å². The van der Waals surface area contributed by atoms with Crippen molar-refractivity contribution in [2.75, 3.05) is 7.11 Å². The number of methoxy groups -OCH3 is 1. The van der Waals surface area contributed by atoms with Crippen molar-refractivity contribution in [3.63, 3.8) is 0 Å². The molecular formula is C7H7NO7S. The number of benzene rings is 1. The Labute approximate surface area is 90.0 Å². The maximum absolute atomic E-state index is 10.8. The van der Waals surface area contributed by atoms with E-state index in [9.17, 15) is 23.6 Å². The normalized spacial score (nSPS) is 11.1. The molecule has 0 heterocycles. The minimum atomic E-state index is -4.78. The molecule has 0 aliphatic rings. The number of hydrogen-bond donors (Lipinski definition) is 2. The first-order valence-corrected chi connectivity index (χ1v) is 5.24. The lowest BCUT2D eigenvalue weighted by molar-refractivity contribution is -0.388. The lowest BCUT2D eigenvalue weighted by atomic mass is 10.3. The van der Waals surface area contributed by atoms with Crippen molar-refractivity contribution in [2.45, 2.75) is 4.90 Å². The Morgan fingerprint density at radius 3 is 2.38 bits per heavy atom. The molecular weight excluding hydrogens is 242 g/mol. The Hall–Kier alpha value is -1.87. The highest BCUT2D eigenvalue weighted by Crippen LogP contribution is 2.35. The second kappa shape index (κ2) is 3.94. The van der Waals surface area contributed by atoms with Crippen molar-refractivity contribution in [2.24, 2.45) is 0 Å². The number of nitro benzene ring substituents is 1. The lowest BCUT2D eigenvalue weighted by Crippen LogP contribution is -2.03. The number of aromatic hydroxyl groups is 1. The van der Waals surface area contributed by atoms with Gasteiger partial charge < -0.3 is 9.84 Å². The van der Waals surface area contributed by atoms with Gasteiger partial charge in [0.25, 0.3) is 5.69 Å². The van der Waals surface area contributed by atoms with Gasteiger partial charge in [0.2, 0.25) is 0 Å². The molecule has 0 unspecified atom stereocenters. The summed E-state index contributed by atoms with van der Waals surface area (Å²) in [6.45, 7) is 0. The summed E-state index contributed by atoms with van der Waals surface area (Å²) in [6, 6.07) is 1.25. The highest BCUT2D eigenvalue weighted by molar-refractivity contribution is 7.86. The summed E-state index contributed by atoms with van der Waals surface area (Å²) in [7, 11) is -3.64. The van der Waals surface area contributed by atoms with Crippen LogP contribution in [0, 0.1) is 10.1 Å². The summed E-state index contributed by atoms with van der Waals surface area (Å²) in [5.74, 6) is -0.889. The van der Waals surface area contributed by atoms with Crippen LogP contribution in [0.3, 0.4) is 0 Å². The van der Waals surface area contributed by atoms with Crippen LogP contribution in [-0.4, -0.2) is 30.1 Å². The minimum Gasteiger partial charge on any atom is -0.504 e. The molecule has 0 saturated carbocycles. The van der Waals surface area contributed by atoms with E-state index in [1.54, 1.807) is 0 Å². The molecule has 8 nitrogen and oxygen atoms in total. The van der Waals surface area contributed by atoms with E-state index in [4.69, 9.17) is 4.55 Å². The molecule has 0 aromatic heterocycles. The molecule has 0 saturated heterocycles. The van der Waals surface area contributed by atoms with E-state index in [0.29, 0.717) is 12.1 Å². The summed E-state index contributed by atoms with van der Waals surface area (Å²) in [5, 5.41) is 19.8. The monoisotopic (exact) mass is 249 g/mol. The molecule has 0 amide bonds. The maximum Gasteiger partial charge on any atom is 0.301 e. The lowest BCUT2D eigenvalue weighted by Gasteiger charge is -2.05. The molecule has 16 heavy (non-hydrogen) atoms. The Morgan fingerprint density at radius 2 is 2.00 bits per heavy atom. The van der Waals surface area contributed by atoms with Gasteiger partial charge in [-0.1, -0.05) is 0 Å². The zero-order chi connectivity index (χ0) is 12.5. The van der Waals surface area contributed by atoms with Crippen LogP contribution in [-0.2, 0) is 10.1 Å². The predicted molar refractivity (Wildman–Crippen MR) is 51.1 cm³/mol. The van der Waals surface area contributed by atoms with Crippen LogP contribution in [0.4, 0.5) is 5.69 Å². The quantitative estimate of drug-likeness (QED) is 0.455. The predicted octanol–water partition coefficient (Wildman–Crippen LogP) is 0.556. The van der Waals surface area contributed by atoms with Crippen LogP contribution in [0.25, 0.3) is 0 Å². The fourth-order valence-corrected chi connectivity index (χ4v) is 1.71. The van der Waals surface area contributed by atoms with E-state index < -0.39 is 31.4 Å². The van der Waals surface area contributed by atoms with Crippen molar-refractivity contribution in [1.82, 2.24) is 0 Å². The van der Waals surface area contributed by atoms with Crippen molar-refractivity contribution in [3.8, 4) is 11.5 Å². The summed E-state index contributed by atoms with van der Waals surface area (Å²) in [6.07, 6.45) is 0. The van der Waals surface area contributed by atoms with E-state index in [-0.39, 0.29) is 5.75 Å². The number of nitro groups is 1. The molecule has 0 atom stereocenters. The fourth-order valence-electron chi connectivity index (χ4n) is 1.05. The summed E-state index contributed by atoms with van der Waals surface area (Å²) in [5.41, 5.74) is -0.878. The van der Waals surface area contributed by atoms with Crippen LogP contribution in [0.1, 0.15) is 0 Å². The SMILES string of the molecule is COc1cc([N+](=O)[O-])c(S(=O)(=O)O)cc1O. The molecule has 0 aliphatic carbocycles. The maximum atomic E-state index is 10.8. The molecule has 1 aromatic rings. The van der Waals surface area contributed by atoms with Gasteiger partial charge in [-0.3, -0.25) is 14.7 Å². The second-order valence-corrected chi connectivity index (χ2v) is 4.11. The van der Waals surface area contributed by atoms with Gasteiger partial charge in [0.1, 0.15) is 0 Å². The zero-order valence-corrected chi connectivity index (χ0v) is 8.76. The van der Waals surface area contributed by atoms with E-state index >= 15 is 0 Å². The van der Waals surface area contributed by atoms with Crippen molar-refractivity contribution in [1.29, 1.82) is 0 Å². The van der Waals surface area contributed by atoms with Crippen LogP contribution in [0.5, 0.6) is 11.5 Å². The molecule has 0 aliphatic heterocycles. The molecule has 1 aromatic carbocycles. The number of ether oxygens (including phenoxy) is 1. The average Bonchev–Trinajstić information content (AvgIpc) is 2.15. The Balaban J connectivity index is 3.62.